The highest BCUT2D eigenvalue weighted by Gasteiger charge is 2.11. The maximum Gasteiger partial charge on any atom is 0.264 e. The van der Waals surface area contributed by atoms with Gasteiger partial charge in [0, 0.05) is 5.56 Å². The fraction of sp³-hybridized carbons (Fsp3) is 0.176. The lowest BCUT2D eigenvalue weighted by atomic mass is 10.1. The monoisotopic (exact) mass is 296 g/mol. The van der Waals surface area contributed by atoms with Gasteiger partial charge in [-0.1, -0.05) is 41.6 Å². The third-order valence-corrected chi connectivity index (χ3v) is 3.27. The van der Waals surface area contributed by atoms with Crippen LogP contribution in [0.5, 0.6) is 11.5 Å². The van der Waals surface area contributed by atoms with E-state index in [1.54, 1.807) is 7.11 Å². The Morgan fingerprint density at radius 1 is 1.00 bits per heavy atom. The molecule has 1 heterocycles. The quantitative estimate of drug-likeness (QED) is 0.719. The zero-order chi connectivity index (χ0) is 15.4. The van der Waals surface area contributed by atoms with E-state index in [0.29, 0.717) is 23.2 Å². The summed E-state index contributed by atoms with van der Waals surface area (Å²) in [5.41, 5.74) is 2.05. The molecular weight excluding hydrogens is 280 g/mol. The van der Waals surface area contributed by atoms with Crippen molar-refractivity contribution in [2.75, 3.05) is 7.11 Å². The molecule has 0 aliphatic rings. The van der Waals surface area contributed by atoms with Crippen molar-refractivity contribution in [1.82, 2.24) is 10.1 Å². The van der Waals surface area contributed by atoms with Gasteiger partial charge in [0.15, 0.2) is 18.1 Å². The number of rotatable bonds is 5. The molecule has 3 aromatic rings. The minimum atomic E-state index is 0.194. The number of para-hydroxylation sites is 2. The summed E-state index contributed by atoms with van der Waals surface area (Å²) in [4.78, 5) is 4.37. The van der Waals surface area contributed by atoms with Crippen molar-refractivity contribution in [3.8, 4) is 22.9 Å². The molecule has 5 heteroatoms. The molecule has 0 atom stereocenters. The number of hydrogen-bond acceptors (Lipinski definition) is 5. The summed E-state index contributed by atoms with van der Waals surface area (Å²) < 4.78 is 16.1. The summed E-state index contributed by atoms with van der Waals surface area (Å²) >= 11 is 0. The Kier molecular flexibility index (Phi) is 4.05. The number of aryl methyl sites for hydroxylation is 1. The van der Waals surface area contributed by atoms with E-state index in [1.807, 2.05) is 55.5 Å². The lowest BCUT2D eigenvalue weighted by molar-refractivity contribution is 0.233. The Hall–Kier alpha value is -2.82. The SMILES string of the molecule is COc1ccccc1OCc1nc(-c2ccccc2C)no1. The van der Waals surface area contributed by atoms with E-state index in [-0.39, 0.29) is 6.61 Å². The average Bonchev–Trinajstić information content (AvgIpc) is 3.02. The molecule has 0 spiro atoms. The molecule has 5 nitrogen and oxygen atoms in total. The number of nitrogens with zero attached hydrogens (tertiary/aromatic N) is 2. The summed E-state index contributed by atoms with van der Waals surface area (Å²) in [7, 11) is 1.60. The molecule has 3 rings (SSSR count). The van der Waals surface area contributed by atoms with Gasteiger partial charge in [-0.05, 0) is 24.6 Å². The van der Waals surface area contributed by atoms with Crippen LogP contribution < -0.4 is 9.47 Å². The van der Waals surface area contributed by atoms with E-state index in [9.17, 15) is 0 Å². The van der Waals surface area contributed by atoms with Gasteiger partial charge in [-0.25, -0.2) is 0 Å². The van der Waals surface area contributed by atoms with Crippen molar-refractivity contribution in [3.63, 3.8) is 0 Å². The zero-order valence-electron chi connectivity index (χ0n) is 12.4. The molecule has 22 heavy (non-hydrogen) atoms. The largest absolute Gasteiger partial charge is 0.493 e. The number of methoxy groups -OCH3 is 1. The van der Waals surface area contributed by atoms with Crippen LogP contribution in [0, 0.1) is 6.92 Å². The van der Waals surface area contributed by atoms with Crippen LogP contribution in [0.3, 0.4) is 0 Å². The third-order valence-electron chi connectivity index (χ3n) is 3.27. The second-order valence-corrected chi connectivity index (χ2v) is 4.77. The topological polar surface area (TPSA) is 57.4 Å². The highest BCUT2D eigenvalue weighted by Crippen LogP contribution is 2.27. The predicted molar refractivity (Wildman–Crippen MR) is 81.8 cm³/mol. The number of ether oxygens (including phenoxy) is 2. The van der Waals surface area contributed by atoms with Crippen molar-refractivity contribution in [2.45, 2.75) is 13.5 Å². The van der Waals surface area contributed by atoms with Crippen molar-refractivity contribution in [3.05, 3.63) is 60.0 Å². The minimum absolute atomic E-state index is 0.194. The summed E-state index contributed by atoms with van der Waals surface area (Å²) in [5.74, 6) is 2.29. The molecule has 0 saturated heterocycles. The van der Waals surface area contributed by atoms with Gasteiger partial charge in [0.1, 0.15) is 0 Å². The molecule has 0 N–H and O–H groups in total. The highest BCUT2D eigenvalue weighted by atomic mass is 16.5. The van der Waals surface area contributed by atoms with Crippen LogP contribution in [-0.2, 0) is 6.61 Å². The molecular formula is C17H16N2O3. The lowest BCUT2D eigenvalue weighted by Crippen LogP contribution is -1.97. The Balaban J connectivity index is 1.74. The molecule has 0 bridgehead atoms. The van der Waals surface area contributed by atoms with E-state index in [2.05, 4.69) is 10.1 Å². The molecule has 0 saturated carbocycles. The van der Waals surface area contributed by atoms with Crippen LogP contribution in [0.1, 0.15) is 11.5 Å². The van der Waals surface area contributed by atoms with Crippen LogP contribution in [0.2, 0.25) is 0 Å². The second kappa shape index (κ2) is 6.30. The summed E-state index contributed by atoms with van der Waals surface area (Å²) in [5, 5.41) is 4.00. The molecule has 0 amide bonds. The molecule has 112 valence electrons. The van der Waals surface area contributed by atoms with Crippen molar-refractivity contribution in [1.29, 1.82) is 0 Å². The number of aromatic nitrogens is 2. The Morgan fingerprint density at radius 2 is 1.73 bits per heavy atom. The van der Waals surface area contributed by atoms with Crippen LogP contribution in [-0.4, -0.2) is 17.3 Å². The van der Waals surface area contributed by atoms with Gasteiger partial charge in [0.2, 0.25) is 5.82 Å². The third kappa shape index (κ3) is 2.93. The molecule has 0 aliphatic carbocycles. The smallest absolute Gasteiger partial charge is 0.264 e. The van der Waals surface area contributed by atoms with E-state index < -0.39 is 0 Å². The van der Waals surface area contributed by atoms with Gasteiger partial charge >= 0.3 is 0 Å². The van der Waals surface area contributed by atoms with E-state index in [0.717, 1.165) is 11.1 Å². The van der Waals surface area contributed by atoms with Gasteiger partial charge in [0.05, 0.1) is 7.11 Å². The maximum absolute atomic E-state index is 5.67. The van der Waals surface area contributed by atoms with Crippen LogP contribution in [0.15, 0.2) is 53.1 Å². The van der Waals surface area contributed by atoms with Gasteiger partial charge < -0.3 is 14.0 Å². The normalized spacial score (nSPS) is 10.5. The van der Waals surface area contributed by atoms with Crippen molar-refractivity contribution >= 4 is 0 Å². The Morgan fingerprint density at radius 3 is 2.50 bits per heavy atom. The van der Waals surface area contributed by atoms with Crippen LogP contribution in [0.4, 0.5) is 0 Å². The predicted octanol–water partition coefficient (Wildman–Crippen LogP) is 3.63. The van der Waals surface area contributed by atoms with Crippen molar-refractivity contribution < 1.29 is 14.0 Å². The highest BCUT2D eigenvalue weighted by molar-refractivity contribution is 5.58. The maximum atomic E-state index is 5.67. The average molecular weight is 296 g/mol. The molecule has 1 aromatic heterocycles. The van der Waals surface area contributed by atoms with E-state index in [1.165, 1.54) is 0 Å². The molecule has 0 unspecified atom stereocenters. The zero-order valence-corrected chi connectivity index (χ0v) is 12.4. The summed E-state index contributed by atoms with van der Waals surface area (Å²) in [6.07, 6.45) is 0. The molecule has 0 fully saturated rings. The summed E-state index contributed by atoms with van der Waals surface area (Å²) in [6.45, 7) is 2.20. The van der Waals surface area contributed by atoms with E-state index in [4.69, 9.17) is 14.0 Å². The Bertz CT molecular complexity index is 768. The first-order valence-electron chi connectivity index (χ1n) is 6.92. The number of hydrogen-bond donors (Lipinski definition) is 0. The first-order chi connectivity index (χ1) is 10.8. The summed E-state index contributed by atoms with van der Waals surface area (Å²) in [6, 6.07) is 15.3. The van der Waals surface area contributed by atoms with Crippen LogP contribution >= 0.6 is 0 Å². The fourth-order valence-electron chi connectivity index (χ4n) is 2.12. The first kappa shape index (κ1) is 14.1. The minimum Gasteiger partial charge on any atom is -0.493 e. The van der Waals surface area contributed by atoms with Gasteiger partial charge in [-0.3, -0.25) is 0 Å². The Labute approximate surface area is 128 Å². The van der Waals surface area contributed by atoms with Crippen molar-refractivity contribution in [2.24, 2.45) is 0 Å². The fourth-order valence-corrected chi connectivity index (χ4v) is 2.12. The standard InChI is InChI=1S/C17H16N2O3/c1-12-7-3-4-8-13(12)17-18-16(22-19-17)11-21-15-10-6-5-9-14(15)20-2/h3-10H,11H2,1-2H3. The van der Waals surface area contributed by atoms with Crippen LogP contribution in [0.25, 0.3) is 11.4 Å². The van der Waals surface area contributed by atoms with E-state index >= 15 is 0 Å². The molecule has 0 radical (unpaired) electrons. The molecule has 0 aliphatic heterocycles. The number of benzene rings is 2. The first-order valence-corrected chi connectivity index (χ1v) is 6.92. The van der Waals surface area contributed by atoms with Gasteiger partial charge in [-0.15, -0.1) is 0 Å². The van der Waals surface area contributed by atoms with Gasteiger partial charge in [-0.2, -0.15) is 4.98 Å². The molecule has 2 aromatic carbocycles. The second-order valence-electron chi connectivity index (χ2n) is 4.77. The van der Waals surface area contributed by atoms with Gasteiger partial charge in [0.25, 0.3) is 5.89 Å². The lowest BCUT2D eigenvalue weighted by Gasteiger charge is -2.07.